The number of nitrogens with zero attached hydrogens (tertiary/aromatic N) is 6. The van der Waals surface area contributed by atoms with E-state index in [2.05, 4.69) is 10.1 Å². The van der Waals surface area contributed by atoms with Gasteiger partial charge in [-0.05, 0) is 19.4 Å². The standard InChI is InChI=1S/C22H24N6O2/c1-4-5-13-26-20(29)18-19(25(3)22(26)30)23-21-27(18)15-16(2)24-28(21)14-9-12-17-10-7-6-8-11-17/h4-12H,13-15H2,1-3H3. The quantitative estimate of drug-likeness (QED) is 0.612. The third-order valence-electron chi connectivity index (χ3n) is 5.03. The molecule has 0 bridgehead atoms. The first-order chi connectivity index (χ1) is 14.5. The molecule has 0 atom stereocenters. The zero-order chi connectivity index (χ0) is 21.3. The molecule has 3 heterocycles. The Labute approximate surface area is 173 Å². The molecule has 0 radical (unpaired) electrons. The molecule has 154 valence electrons. The first-order valence-corrected chi connectivity index (χ1v) is 9.85. The van der Waals surface area contributed by atoms with Crippen LogP contribution in [0.3, 0.4) is 0 Å². The van der Waals surface area contributed by atoms with Crippen LogP contribution in [0.2, 0.25) is 0 Å². The van der Waals surface area contributed by atoms with Gasteiger partial charge in [0.15, 0.2) is 11.2 Å². The number of hydrazone groups is 1. The Kier molecular flexibility index (Phi) is 5.22. The minimum Gasteiger partial charge on any atom is -0.297 e. The van der Waals surface area contributed by atoms with Crippen LogP contribution in [-0.4, -0.2) is 30.9 Å². The second-order valence-electron chi connectivity index (χ2n) is 7.23. The molecular formula is C22H24N6O2. The second-order valence-corrected chi connectivity index (χ2v) is 7.23. The normalized spacial score (nSPS) is 14.1. The van der Waals surface area contributed by atoms with Crippen LogP contribution in [0.25, 0.3) is 17.2 Å². The fraction of sp³-hybridized carbons (Fsp3) is 0.273. The van der Waals surface area contributed by atoms with Crippen molar-refractivity contribution in [3.63, 3.8) is 0 Å². The zero-order valence-electron chi connectivity index (χ0n) is 17.3. The molecule has 2 aromatic heterocycles. The van der Waals surface area contributed by atoms with E-state index in [0.717, 1.165) is 11.3 Å². The van der Waals surface area contributed by atoms with Crippen molar-refractivity contribution in [3.05, 3.63) is 75.0 Å². The molecule has 1 aliphatic heterocycles. The van der Waals surface area contributed by atoms with Gasteiger partial charge in [0.1, 0.15) is 0 Å². The summed E-state index contributed by atoms with van der Waals surface area (Å²) in [5, 5.41) is 6.37. The van der Waals surface area contributed by atoms with Crippen LogP contribution in [0.4, 0.5) is 5.95 Å². The molecular weight excluding hydrogens is 380 g/mol. The Morgan fingerprint density at radius 2 is 1.87 bits per heavy atom. The predicted octanol–water partition coefficient (Wildman–Crippen LogP) is 2.38. The third-order valence-corrected chi connectivity index (χ3v) is 5.03. The van der Waals surface area contributed by atoms with E-state index < -0.39 is 0 Å². The minimum atomic E-state index is -0.380. The molecule has 0 fully saturated rings. The van der Waals surface area contributed by atoms with Gasteiger partial charge in [-0.25, -0.2) is 9.80 Å². The largest absolute Gasteiger partial charge is 0.332 e. The predicted molar refractivity (Wildman–Crippen MR) is 120 cm³/mol. The first kappa shape index (κ1) is 19.6. The van der Waals surface area contributed by atoms with Crippen molar-refractivity contribution in [2.45, 2.75) is 26.9 Å². The van der Waals surface area contributed by atoms with Crippen LogP contribution in [0, 0.1) is 0 Å². The topological polar surface area (TPSA) is 77.4 Å². The van der Waals surface area contributed by atoms with Gasteiger partial charge in [-0.15, -0.1) is 0 Å². The molecule has 4 rings (SSSR count). The summed E-state index contributed by atoms with van der Waals surface area (Å²) < 4.78 is 4.51. The van der Waals surface area contributed by atoms with E-state index in [1.54, 1.807) is 18.1 Å². The van der Waals surface area contributed by atoms with E-state index in [1.165, 1.54) is 9.13 Å². The molecule has 3 aromatic rings. The van der Waals surface area contributed by atoms with Crippen molar-refractivity contribution < 1.29 is 0 Å². The first-order valence-electron chi connectivity index (χ1n) is 9.85. The number of allylic oxidation sites excluding steroid dienone is 2. The summed E-state index contributed by atoms with van der Waals surface area (Å²) in [6.45, 7) is 4.96. The highest BCUT2D eigenvalue weighted by Crippen LogP contribution is 2.23. The van der Waals surface area contributed by atoms with E-state index in [9.17, 15) is 9.59 Å². The van der Waals surface area contributed by atoms with Gasteiger partial charge >= 0.3 is 5.69 Å². The van der Waals surface area contributed by atoms with Gasteiger partial charge in [0.2, 0.25) is 5.95 Å². The van der Waals surface area contributed by atoms with E-state index >= 15 is 0 Å². The van der Waals surface area contributed by atoms with Gasteiger partial charge < -0.3 is 0 Å². The third kappa shape index (κ3) is 3.41. The highest BCUT2D eigenvalue weighted by Gasteiger charge is 2.25. The lowest BCUT2D eigenvalue weighted by Crippen LogP contribution is -2.39. The summed E-state index contributed by atoms with van der Waals surface area (Å²) in [6, 6.07) is 10.0. The summed E-state index contributed by atoms with van der Waals surface area (Å²) in [6.07, 6.45) is 7.63. The average molecular weight is 404 g/mol. The molecule has 0 amide bonds. The van der Waals surface area contributed by atoms with Gasteiger partial charge in [0, 0.05) is 13.6 Å². The molecule has 0 aliphatic carbocycles. The lowest BCUT2D eigenvalue weighted by Gasteiger charge is -2.23. The van der Waals surface area contributed by atoms with Crippen LogP contribution in [-0.2, 0) is 20.1 Å². The molecule has 8 heteroatoms. The highest BCUT2D eigenvalue weighted by atomic mass is 16.2. The lowest BCUT2D eigenvalue weighted by atomic mass is 10.2. The Hall–Kier alpha value is -3.68. The maximum atomic E-state index is 13.1. The Balaban J connectivity index is 1.79. The molecule has 0 saturated heterocycles. The molecule has 8 nitrogen and oxygen atoms in total. The number of anilines is 1. The fourth-order valence-electron chi connectivity index (χ4n) is 3.57. The van der Waals surface area contributed by atoms with Gasteiger partial charge in [0.25, 0.3) is 5.56 Å². The molecule has 1 aliphatic rings. The summed E-state index contributed by atoms with van der Waals surface area (Å²) in [5.41, 5.74) is 2.04. The van der Waals surface area contributed by atoms with Crippen LogP contribution < -0.4 is 16.3 Å². The number of imidazole rings is 1. The van der Waals surface area contributed by atoms with Crippen molar-refractivity contribution in [3.8, 4) is 0 Å². The number of aromatic nitrogens is 4. The van der Waals surface area contributed by atoms with Crippen molar-refractivity contribution in [2.75, 3.05) is 11.6 Å². The number of benzene rings is 1. The van der Waals surface area contributed by atoms with E-state index in [4.69, 9.17) is 0 Å². The zero-order valence-corrected chi connectivity index (χ0v) is 17.3. The smallest absolute Gasteiger partial charge is 0.297 e. The van der Waals surface area contributed by atoms with Crippen molar-refractivity contribution in [1.29, 1.82) is 0 Å². The lowest BCUT2D eigenvalue weighted by molar-refractivity contribution is 0.663. The van der Waals surface area contributed by atoms with Crippen molar-refractivity contribution in [2.24, 2.45) is 12.1 Å². The summed E-state index contributed by atoms with van der Waals surface area (Å²) in [4.78, 5) is 30.4. The van der Waals surface area contributed by atoms with Crippen LogP contribution in [0.5, 0.6) is 0 Å². The molecule has 0 N–H and O–H groups in total. The Bertz CT molecular complexity index is 1290. The molecule has 30 heavy (non-hydrogen) atoms. The summed E-state index contributed by atoms with van der Waals surface area (Å²) in [7, 11) is 1.64. The van der Waals surface area contributed by atoms with Gasteiger partial charge in [-0.2, -0.15) is 10.1 Å². The molecule has 0 saturated carbocycles. The Morgan fingerprint density at radius 3 is 2.60 bits per heavy atom. The van der Waals surface area contributed by atoms with Gasteiger partial charge in [-0.3, -0.25) is 18.5 Å². The maximum absolute atomic E-state index is 13.1. The summed E-state index contributed by atoms with van der Waals surface area (Å²) >= 11 is 0. The number of aryl methyl sites for hydroxylation is 1. The maximum Gasteiger partial charge on any atom is 0.332 e. The average Bonchev–Trinajstić information content (AvgIpc) is 3.13. The van der Waals surface area contributed by atoms with Crippen molar-refractivity contribution in [1.82, 2.24) is 18.7 Å². The SMILES string of the molecule is CC=CCn1c(=O)c2c(nc3n2CC(C)=NN3CC=Cc2ccccc2)n(C)c1=O. The van der Waals surface area contributed by atoms with Crippen LogP contribution in [0.1, 0.15) is 19.4 Å². The molecule has 0 spiro atoms. The Morgan fingerprint density at radius 1 is 1.10 bits per heavy atom. The fourth-order valence-corrected chi connectivity index (χ4v) is 3.57. The van der Waals surface area contributed by atoms with Gasteiger partial charge in [-0.1, -0.05) is 54.6 Å². The molecule has 0 unspecified atom stereocenters. The summed E-state index contributed by atoms with van der Waals surface area (Å²) in [5.74, 6) is 0.559. The van der Waals surface area contributed by atoms with Crippen LogP contribution in [0.15, 0.2) is 63.3 Å². The number of fused-ring (bicyclic) bond motifs is 3. The van der Waals surface area contributed by atoms with Crippen LogP contribution >= 0.6 is 0 Å². The highest BCUT2D eigenvalue weighted by molar-refractivity contribution is 5.87. The monoisotopic (exact) mass is 404 g/mol. The van der Waals surface area contributed by atoms with Crippen molar-refractivity contribution >= 4 is 28.9 Å². The van der Waals surface area contributed by atoms with E-state index in [-0.39, 0.29) is 17.8 Å². The van der Waals surface area contributed by atoms with E-state index in [1.807, 2.05) is 67.0 Å². The second kappa shape index (κ2) is 7.98. The minimum absolute atomic E-state index is 0.231. The number of hydrogen-bond donors (Lipinski definition) is 0. The number of rotatable bonds is 5. The number of hydrogen-bond acceptors (Lipinski definition) is 5. The van der Waals surface area contributed by atoms with Gasteiger partial charge in [0.05, 0.1) is 18.8 Å². The molecule has 1 aromatic carbocycles. The van der Waals surface area contributed by atoms with E-state index in [0.29, 0.717) is 30.2 Å².